The molecule has 17 heavy (non-hydrogen) atoms. The Bertz CT molecular complexity index is 653. The quantitative estimate of drug-likeness (QED) is 0.732. The van der Waals surface area contributed by atoms with Crippen molar-refractivity contribution in [2.75, 3.05) is 12.4 Å². The van der Waals surface area contributed by atoms with Gasteiger partial charge < -0.3 is 14.3 Å². The zero-order chi connectivity index (χ0) is 11.8. The SMILES string of the molecule is CNc1ccc2c(c1)nc(-c1ccco1)n2C. The summed E-state index contributed by atoms with van der Waals surface area (Å²) < 4.78 is 7.42. The third-order valence-corrected chi connectivity index (χ3v) is 2.91. The molecule has 0 saturated carbocycles. The van der Waals surface area contributed by atoms with Crippen molar-refractivity contribution in [3.63, 3.8) is 0 Å². The second-order valence-corrected chi connectivity index (χ2v) is 3.93. The summed E-state index contributed by atoms with van der Waals surface area (Å²) in [4.78, 5) is 4.59. The minimum atomic E-state index is 0.787. The average Bonchev–Trinajstić information content (AvgIpc) is 2.97. The van der Waals surface area contributed by atoms with Crippen molar-refractivity contribution >= 4 is 16.7 Å². The van der Waals surface area contributed by atoms with E-state index in [0.29, 0.717) is 0 Å². The second-order valence-electron chi connectivity index (χ2n) is 3.93. The highest BCUT2D eigenvalue weighted by molar-refractivity contribution is 5.83. The van der Waals surface area contributed by atoms with E-state index in [4.69, 9.17) is 4.42 Å². The van der Waals surface area contributed by atoms with E-state index in [9.17, 15) is 0 Å². The maximum Gasteiger partial charge on any atom is 0.176 e. The maximum absolute atomic E-state index is 5.39. The Hall–Kier alpha value is -2.23. The molecule has 0 aliphatic carbocycles. The molecular formula is C13H13N3O. The first-order chi connectivity index (χ1) is 8.29. The van der Waals surface area contributed by atoms with Crippen LogP contribution in [0.5, 0.6) is 0 Å². The van der Waals surface area contributed by atoms with Crippen LogP contribution in [0, 0.1) is 0 Å². The Balaban J connectivity index is 2.24. The lowest BCUT2D eigenvalue weighted by Crippen LogP contribution is -1.91. The van der Waals surface area contributed by atoms with Crippen molar-refractivity contribution in [1.29, 1.82) is 0 Å². The van der Waals surface area contributed by atoms with Crippen molar-refractivity contribution < 1.29 is 4.42 Å². The van der Waals surface area contributed by atoms with Crippen LogP contribution >= 0.6 is 0 Å². The third kappa shape index (κ3) is 1.49. The zero-order valence-corrected chi connectivity index (χ0v) is 9.77. The van der Waals surface area contributed by atoms with Gasteiger partial charge in [0.05, 0.1) is 17.3 Å². The molecule has 2 aromatic heterocycles. The van der Waals surface area contributed by atoms with Gasteiger partial charge in [-0.2, -0.15) is 0 Å². The van der Waals surface area contributed by atoms with Crippen molar-refractivity contribution in [2.24, 2.45) is 7.05 Å². The molecule has 0 atom stereocenters. The van der Waals surface area contributed by atoms with Crippen LogP contribution in [0.2, 0.25) is 0 Å². The molecule has 4 heteroatoms. The summed E-state index contributed by atoms with van der Waals surface area (Å²) in [5.41, 5.74) is 3.11. The van der Waals surface area contributed by atoms with Crippen molar-refractivity contribution in [2.45, 2.75) is 0 Å². The maximum atomic E-state index is 5.39. The van der Waals surface area contributed by atoms with Crippen molar-refractivity contribution in [3.8, 4) is 11.6 Å². The molecule has 1 aromatic carbocycles. The lowest BCUT2D eigenvalue weighted by molar-refractivity contribution is 0.574. The number of aromatic nitrogens is 2. The summed E-state index contributed by atoms with van der Waals surface area (Å²) in [5, 5.41) is 3.11. The van der Waals surface area contributed by atoms with Gasteiger partial charge in [0, 0.05) is 19.8 Å². The van der Waals surface area contributed by atoms with E-state index < -0.39 is 0 Å². The van der Waals surface area contributed by atoms with Crippen LogP contribution in [0.15, 0.2) is 41.0 Å². The van der Waals surface area contributed by atoms with Gasteiger partial charge in [0.25, 0.3) is 0 Å². The number of aryl methyl sites for hydroxylation is 1. The van der Waals surface area contributed by atoms with E-state index in [1.807, 2.05) is 42.9 Å². The number of benzene rings is 1. The number of hydrogen-bond donors (Lipinski definition) is 1. The van der Waals surface area contributed by atoms with Gasteiger partial charge in [0.2, 0.25) is 0 Å². The molecule has 3 aromatic rings. The predicted octanol–water partition coefficient (Wildman–Crippen LogP) is 2.88. The Morgan fingerprint density at radius 3 is 2.88 bits per heavy atom. The Kier molecular flexibility index (Phi) is 2.14. The Morgan fingerprint density at radius 1 is 1.29 bits per heavy atom. The highest BCUT2D eigenvalue weighted by Gasteiger charge is 2.11. The van der Waals surface area contributed by atoms with Gasteiger partial charge in [0.1, 0.15) is 0 Å². The van der Waals surface area contributed by atoms with Crippen molar-refractivity contribution in [3.05, 3.63) is 36.6 Å². The van der Waals surface area contributed by atoms with E-state index >= 15 is 0 Å². The molecule has 0 radical (unpaired) electrons. The first-order valence-corrected chi connectivity index (χ1v) is 5.47. The summed E-state index contributed by atoms with van der Waals surface area (Å²) in [6, 6.07) is 9.91. The van der Waals surface area contributed by atoms with Gasteiger partial charge in [-0.25, -0.2) is 4.98 Å². The number of anilines is 1. The molecule has 0 spiro atoms. The third-order valence-electron chi connectivity index (χ3n) is 2.91. The first-order valence-electron chi connectivity index (χ1n) is 5.47. The molecule has 1 N–H and O–H groups in total. The monoisotopic (exact) mass is 227 g/mol. The molecule has 0 bridgehead atoms. The lowest BCUT2D eigenvalue weighted by atomic mass is 10.3. The highest BCUT2D eigenvalue weighted by Crippen LogP contribution is 2.25. The van der Waals surface area contributed by atoms with E-state index in [2.05, 4.69) is 16.4 Å². The molecule has 0 aliphatic rings. The lowest BCUT2D eigenvalue weighted by Gasteiger charge is -2.00. The molecule has 0 unspecified atom stereocenters. The second kappa shape index (κ2) is 3.66. The molecule has 3 rings (SSSR count). The molecule has 0 saturated heterocycles. The standard InChI is InChI=1S/C13H13N3O/c1-14-9-5-6-11-10(8-9)15-13(16(11)2)12-4-3-7-17-12/h3-8,14H,1-2H3. The van der Waals surface area contributed by atoms with Crippen LogP contribution in [0.3, 0.4) is 0 Å². The fraction of sp³-hybridized carbons (Fsp3) is 0.154. The summed E-state index contributed by atoms with van der Waals surface area (Å²) >= 11 is 0. The van der Waals surface area contributed by atoms with E-state index in [0.717, 1.165) is 28.3 Å². The molecular weight excluding hydrogens is 214 g/mol. The van der Waals surface area contributed by atoms with Crippen molar-refractivity contribution in [1.82, 2.24) is 9.55 Å². The van der Waals surface area contributed by atoms with Crippen LogP contribution in [-0.4, -0.2) is 16.6 Å². The summed E-state index contributed by atoms with van der Waals surface area (Å²) in [7, 11) is 3.89. The van der Waals surface area contributed by atoms with Gasteiger partial charge in [0.15, 0.2) is 11.6 Å². The summed E-state index contributed by atoms with van der Waals surface area (Å²) in [6.07, 6.45) is 1.66. The van der Waals surface area contributed by atoms with Crippen LogP contribution in [0.1, 0.15) is 0 Å². The van der Waals surface area contributed by atoms with E-state index in [-0.39, 0.29) is 0 Å². The summed E-state index contributed by atoms with van der Waals surface area (Å²) in [6.45, 7) is 0. The number of nitrogens with one attached hydrogen (secondary N) is 1. The van der Waals surface area contributed by atoms with Gasteiger partial charge >= 0.3 is 0 Å². The highest BCUT2D eigenvalue weighted by atomic mass is 16.3. The number of furan rings is 1. The normalized spacial score (nSPS) is 10.9. The Labute approximate surface area is 98.9 Å². The van der Waals surface area contributed by atoms with E-state index in [1.54, 1.807) is 6.26 Å². The molecule has 2 heterocycles. The smallest absolute Gasteiger partial charge is 0.176 e. The fourth-order valence-corrected chi connectivity index (χ4v) is 1.98. The summed E-state index contributed by atoms with van der Waals surface area (Å²) in [5.74, 6) is 1.63. The van der Waals surface area contributed by atoms with Gasteiger partial charge in [-0.1, -0.05) is 0 Å². The zero-order valence-electron chi connectivity index (χ0n) is 9.77. The number of rotatable bonds is 2. The average molecular weight is 227 g/mol. The van der Waals surface area contributed by atoms with Gasteiger partial charge in [-0.3, -0.25) is 0 Å². The van der Waals surface area contributed by atoms with Gasteiger partial charge in [-0.15, -0.1) is 0 Å². The first kappa shape index (κ1) is 9.96. The number of imidazole rings is 1. The number of fused-ring (bicyclic) bond motifs is 1. The Morgan fingerprint density at radius 2 is 2.18 bits per heavy atom. The molecule has 4 nitrogen and oxygen atoms in total. The topological polar surface area (TPSA) is 43.0 Å². The minimum Gasteiger partial charge on any atom is -0.461 e. The van der Waals surface area contributed by atoms with Crippen LogP contribution in [-0.2, 0) is 7.05 Å². The number of nitrogens with zero attached hydrogens (tertiary/aromatic N) is 2. The molecule has 0 aliphatic heterocycles. The fourth-order valence-electron chi connectivity index (χ4n) is 1.98. The van der Waals surface area contributed by atoms with E-state index in [1.165, 1.54) is 0 Å². The molecule has 86 valence electrons. The van der Waals surface area contributed by atoms with Crippen LogP contribution in [0.4, 0.5) is 5.69 Å². The molecule has 0 fully saturated rings. The number of hydrogen-bond acceptors (Lipinski definition) is 3. The van der Waals surface area contributed by atoms with Gasteiger partial charge in [-0.05, 0) is 30.3 Å². The predicted molar refractivity (Wildman–Crippen MR) is 68.0 cm³/mol. The van der Waals surface area contributed by atoms with Crippen LogP contribution in [0.25, 0.3) is 22.6 Å². The van der Waals surface area contributed by atoms with Crippen LogP contribution < -0.4 is 5.32 Å². The molecule has 0 amide bonds. The minimum absolute atomic E-state index is 0.787. The largest absolute Gasteiger partial charge is 0.461 e.